The maximum Gasteiger partial charge on any atom is 0.274 e. The summed E-state index contributed by atoms with van der Waals surface area (Å²) >= 11 is 1.16. The molecule has 3 heterocycles. The van der Waals surface area contributed by atoms with Crippen molar-refractivity contribution < 1.29 is 80.5 Å². The lowest BCUT2D eigenvalue weighted by Crippen LogP contribution is -2.46. The number of carbonyl (C=O) groups excluding carboxylic acids is 3. The van der Waals surface area contributed by atoms with Crippen molar-refractivity contribution in [2.75, 3.05) is 37.8 Å². The van der Waals surface area contributed by atoms with Crippen LogP contribution in [-0.4, -0.2) is 103 Å². The van der Waals surface area contributed by atoms with Gasteiger partial charge in [-0.15, -0.1) is 0 Å². The van der Waals surface area contributed by atoms with Crippen molar-refractivity contribution in [3.8, 4) is 0 Å². The number of aromatic nitrogens is 4. The van der Waals surface area contributed by atoms with Gasteiger partial charge in [-0.3, -0.25) is 28.1 Å². The van der Waals surface area contributed by atoms with Crippen molar-refractivity contribution in [1.82, 2.24) is 30.2 Å². The minimum atomic E-state index is -5.93. The number of phosphoric acid groups is 3. The third-order valence-corrected chi connectivity index (χ3v) is 17.8. The van der Waals surface area contributed by atoms with Crippen LogP contribution in [0.1, 0.15) is 189 Å². The third-order valence-electron chi connectivity index (χ3n) is 13.7. The normalized spacial score (nSPS) is 20.2. The van der Waals surface area contributed by atoms with Gasteiger partial charge in [-0.05, 0) is 24.7 Å². The summed E-state index contributed by atoms with van der Waals surface area (Å²) in [5.41, 5.74) is 4.10. The van der Waals surface area contributed by atoms with Crippen LogP contribution in [0.15, 0.2) is 12.7 Å². The molecule has 3 rings (SSSR count). The second-order valence-electron chi connectivity index (χ2n) is 21.5. The molecule has 1 fully saturated rings. The molecular weight excluding hydrogens is 1100 g/mol. The first-order chi connectivity index (χ1) is 36.8. The number of nitrogen functional groups attached to an aromatic ring is 1. The highest BCUT2D eigenvalue weighted by Crippen LogP contribution is 2.56. The van der Waals surface area contributed by atoms with Crippen LogP contribution in [0.4, 0.5) is 5.82 Å². The van der Waals surface area contributed by atoms with Crippen molar-refractivity contribution >= 4 is 69.1 Å². The molecule has 2 aromatic rings. The Morgan fingerprint density at radius 3 is 1.95 bits per heavy atom. The van der Waals surface area contributed by atoms with Crippen LogP contribution in [0.3, 0.4) is 0 Å². The number of ether oxygens (including phenoxy) is 1. The molecular formula is C50H88N7O17P3S-4. The lowest BCUT2D eigenvalue weighted by molar-refractivity contribution is -0.347. The highest BCUT2D eigenvalue weighted by atomic mass is 32.2. The van der Waals surface area contributed by atoms with Crippen LogP contribution in [0.2, 0.25) is 0 Å². The van der Waals surface area contributed by atoms with E-state index in [0.29, 0.717) is 17.6 Å². The lowest BCUT2D eigenvalue weighted by atomic mass is 9.87. The molecule has 2 aromatic heterocycles. The van der Waals surface area contributed by atoms with E-state index in [0.717, 1.165) is 41.8 Å². The number of unbranched alkanes of at least 4 members (excludes halogenated alkanes) is 17. The van der Waals surface area contributed by atoms with Gasteiger partial charge in [-0.1, -0.05) is 175 Å². The molecule has 0 aliphatic carbocycles. The number of carbonyl (C=O) groups is 3. The number of aliphatic hydroxyl groups excluding tert-OH is 2. The van der Waals surface area contributed by atoms with Crippen LogP contribution in [-0.2, 0) is 50.7 Å². The molecule has 0 aromatic carbocycles. The van der Waals surface area contributed by atoms with E-state index in [-0.39, 0.29) is 47.5 Å². The average Bonchev–Trinajstić information content (AvgIpc) is 3.93. The van der Waals surface area contributed by atoms with E-state index < -0.39 is 84.6 Å². The fourth-order valence-electron chi connectivity index (χ4n) is 9.40. The second kappa shape index (κ2) is 35.5. The minimum absolute atomic E-state index is 0.0177. The number of nitrogens with two attached hydrogens (primary N) is 1. The van der Waals surface area contributed by atoms with Crippen molar-refractivity contribution in [2.24, 2.45) is 23.2 Å². The molecule has 0 saturated carbocycles. The summed E-state index contributed by atoms with van der Waals surface area (Å²) in [5, 5.41) is 26.7. The molecule has 1 aliphatic heterocycles. The molecule has 10 atom stereocenters. The van der Waals surface area contributed by atoms with Crippen LogP contribution in [0.25, 0.3) is 11.2 Å². The van der Waals surface area contributed by atoms with Gasteiger partial charge in [0.05, 0.1) is 27.4 Å². The van der Waals surface area contributed by atoms with Crippen LogP contribution in [0, 0.1) is 23.2 Å². The minimum Gasteiger partial charge on any atom is -0.790 e. The highest BCUT2D eigenvalue weighted by Gasteiger charge is 2.47. The number of hydrogen-bond donors (Lipinski definition) is 5. The van der Waals surface area contributed by atoms with Crippen molar-refractivity contribution in [3.63, 3.8) is 0 Å². The summed E-state index contributed by atoms with van der Waals surface area (Å²) in [6.45, 7) is 8.88. The number of phosphoric ester groups is 3. The summed E-state index contributed by atoms with van der Waals surface area (Å²) < 4.78 is 61.1. The standard InChI is InChI=1S/C50H92N7O17P3S/c1-7-8-9-10-11-12-13-14-15-16-17-18-19-20-21-22-23-24-25-36(2)30-37(3)31-38(4)49(62)78-29-28-52-40(58)26-27-53-47(61)44(60)50(5,6)33-71-77(68,69)74-76(66,67)70-32-39-43(73-75(63,64)65)42(59)48(72-39)57-35-56-41-45(51)54-34-55-46(41)57/h34-39,42-44,48,59-60H,7-33H2,1-6H3,(H,52,58)(H,53,61)(H,66,67)(H,68,69)(H2,51,54,55)(H2,63,64,65)/p-4/t36-,37-,38-,39+,42+,43+,44-,48+/m0/s1. The summed E-state index contributed by atoms with van der Waals surface area (Å²) in [4.78, 5) is 98.0. The largest absolute Gasteiger partial charge is 0.790 e. The molecule has 2 amide bonds. The van der Waals surface area contributed by atoms with Gasteiger partial charge in [0.15, 0.2) is 22.8 Å². The molecule has 24 nitrogen and oxygen atoms in total. The Kier molecular flexibility index (Phi) is 31.8. The van der Waals surface area contributed by atoms with Crippen molar-refractivity contribution in [1.29, 1.82) is 0 Å². The SMILES string of the molecule is CCCCCCCCCCCCCCCCCCCC[C@H](C)C[C@H](C)C[C@H](C)C(=O)SCCNC(=O)CCNC(=O)[C@H](O)C(C)(C)COP(=O)([O-])OP(=O)([O-])OC[C@H]1O[C@@H](n2cnc3c(N)ncnc32)[C@H](O)[C@@H]1OP(=O)([O-])[O-]. The number of imidazole rings is 1. The van der Waals surface area contributed by atoms with Gasteiger partial charge in [0.25, 0.3) is 15.6 Å². The predicted molar refractivity (Wildman–Crippen MR) is 288 cm³/mol. The van der Waals surface area contributed by atoms with Crippen molar-refractivity contribution in [2.45, 2.75) is 213 Å². The maximum atomic E-state index is 12.9. The lowest BCUT2D eigenvalue weighted by Gasteiger charge is -2.36. The van der Waals surface area contributed by atoms with Gasteiger partial charge in [0, 0.05) is 36.6 Å². The van der Waals surface area contributed by atoms with Gasteiger partial charge in [-0.25, -0.2) is 19.3 Å². The monoisotopic (exact) mass is 1180 g/mol. The fourth-order valence-corrected chi connectivity index (χ4v) is 12.9. The number of nitrogens with one attached hydrogen (secondary N) is 2. The number of hydrogen-bond acceptors (Lipinski definition) is 22. The molecule has 2 unspecified atom stereocenters. The first-order valence-corrected chi connectivity index (χ1v) is 33.1. The van der Waals surface area contributed by atoms with E-state index in [1.165, 1.54) is 136 Å². The quantitative estimate of drug-likeness (QED) is 0.0361. The summed E-state index contributed by atoms with van der Waals surface area (Å²) in [7, 11) is -17.6. The Hall–Kier alpha value is -2.44. The molecule has 0 spiro atoms. The topological polar surface area (TPSA) is 375 Å². The Labute approximate surface area is 465 Å². The van der Waals surface area contributed by atoms with E-state index >= 15 is 0 Å². The molecule has 6 N–H and O–H groups in total. The molecule has 450 valence electrons. The highest BCUT2D eigenvalue weighted by molar-refractivity contribution is 8.13. The van der Waals surface area contributed by atoms with Crippen LogP contribution >= 0.6 is 35.2 Å². The zero-order valence-corrected chi connectivity index (χ0v) is 50.0. The zero-order valence-electron chi connectivity index (χ0n) is 46.5. The van der Waals surface area contributed by atoms with E-state index in [1.54, 1.807) is 0 Å². The first-order valence-electron chi connectivity index (χ1n) is 27.7. The molecule has 1 aliphatic rings. The Bertz CT molecular complexity index is 2250. The van der Waals surface area contributed by atoms with Gasteiger partial charge >= 0.3 is 0 Å². The summed E-state index contributed by atoms with van der Waals surface area (Å²) in [5.74, 6) is -0.252. The predicted octanol–water partition coefficient (Wildman–Crippen LogP) is 6.26. The van der Waals surface area contributed by atoms with Crippen LogP contribution in [0.5, 0.6) is 0 Å². The number of anilines is 1. The molecule has 0 radical (unpaired) electrons. The van der Waals surface area contributed by atoms with Gasteiger partial charge in [0.2, 0.25) is 11.8 Å². The van der Waals surface area contributed by atoms with E-state index in [9.17, 15) is 57.9 Å². The van der Waals surface area contributed by atoms with Gasteiger partial charge in [-0.2, -0.15) is 0 Å². The summed E-state index contributed by atoms with van der Waals surface area (Å²) in [6.07, 6.45) is 20.1. The second-order valence-corrected chi connectivity index (χ2v) is 26.7. The first kappa shape index (κ1) is 69.8. The van der Waals surface area contributed by atoms with Crippen LogP contribution < -0.4 is 35.9 Å². The number of amides is 2. The van der Waals surface area contributed by atoms with Gasteiger partial charge < -0.3 is 69.0 Å². The number of rotatable bonds is 43. The number of aliphatic hydroxyl groups is 2. The average molecular weight is 1180 g/mol. The fraction of sp³-hybridized carbons (Fsp3) is 0.840. The number of fused-ring (bicyclic) bond motifs is 1. The molecule has 0 bridgehead atoms. The number of thioether (sulfide) groups is 1. The molecule has 78 heavy (non-hydrogen) atoms. The third kappa shape index (κ3) is 27.1. The van der Waals surface area contributed by atoms with E-state index in [1.807, 2.05) is 6.92 Å². The summed E-state index contributed by atoms with van der Waals surface area (Å²) in [6, 6.07) is 0. The smallest absolute Gasteiger partial charge is 0.274 e. The Balaban J connectivity index is 1.25. The zero-order chi connectivity index (χ0) is 57.9. The Morgan fingerprint density at radius 2 is 1.37 bits per heavy atom. The van der Waals surface area contributed by atoms with E-state index in [2.05, 4.69) is 64.2 Å². The van der Waals surface area contributed by atoms with Crippen molar-refractivity contribution in [3.05, 3.63) is 12.7 Å². The molecule has 28 heteroatoms. The number of nitrogens with zero attached hydrogens (tertiary/aromatic N) is 4. The molecule has 1 saturated heterocycles. The Morgan fingerprint density at radius 1 is 0.808 bits per heavy atom. The van der Waals surface area contributed by atoms with E-state index in [4.69, 9.17) is 10.5 Å². The van der Waals surface area contributed by atoms with Gasteiger partial charge in [0.1, 0.15) is 36.3 Å². The maximum absolute atomic E-state index is 12.9.